The maximum atomic E-state index is 12.1. The molecule has 0 radical (unpaired) electrons. The van der Waals surface area contributed by atoms with Crippen molar-refractivity contribution in [3.05, 3.63) is 35.9 Å². The van der Waals surface area contributed by atoms with E-state index in [4.69, 9.17) is 0 Å². The van der Waals surface area contributed by atoms with Gasteiger partial charge in [-0.1, -0.05) is 60.1 Å². The van der Waals surface area contributed by atoms with Crippen LogP contribution in [0.2, 0.25) is 0 Å². The number of hydrogen-bond donors (Lipinski definition) is 1. The van der Waals surface area contributed by atoms with Crippen LogP contribution in [-0.4, -0.2) is 11.2 Å². The van der Waals surface area contributed by atoms with Crippen LogP contribution in [0.1, 0.15) is 39.7 Å². The third-order valence-electron chi connectivity index (χ3n) is 2.95. The minimum Gasteiger partial charge on any atom is -0.347 e. The smallest absolute Gasteiger partial charge is 0.221 e. The largest absolute Gasteiger partial charge is 0.347 e. The SMILES string of the molecule is CC(C)(CBr)CC(=O)NC(C)(C)c1ccccc1. The van der Waals surface area contributed by atoms with Crippen LogP contribution in [0.25, 0.3) is 0 Å². The third kappa shape index (κ3) is 4.45. The molecule has 1 rings (SSSR count). The second kappa shape index (κ2) is 5.87. The maximum Gasteiger partial charge on any atom is 0.221 e. The fourth-order valence-electron chi connectivity index (χ4n) is 1.80. The highest BCUT2D eigenvalue weighted by atomic mass is 79.9. The molecular formula is C15H22BrNO. The summed E-state index contributed by atoms with van der Waals surface area (Å²) in [6.07, 6.45) is 0.522. The van der Waals surface area contributed by atoms with Gasteiger partial charge < -0.3 is 5.32 Å². The van der Waals surface area contributed by atoms with E-state index in [9.17, 15) is 4.79 Å². The molecule has 1 amide bonds. The number of nitrogens with one attached hydrogen (secondary N) is 1. The number of carbonyl (C=O) groups excluding carboxylic acids is 1. The van der Waals surface area contributed by atoms with Crippen LogP contribution in [0.5, 0.6) is 0 Å². The van der Waals surface area contributed by atoms with Gasteiger partial charge >= 0.3 is 0 Å². The van der Waals surface area contributed by atoms with E-state index in [1.165, 1.54) is 0 Å². The van der Waals surface area contributed by atoms with Gasteiger partial charge in [-0.05, 0) is 24.8 Å². The van der Waals surface area contributed by atoms with Crippen molar-refractivity contribution in [2.24, 2.45) is 5.41 Å². The van der Waals surface area contributed by atoms with Gasteiger partial charge in [-0.2, -0.15) is 0 Å². The number of carbonyl (C=O) groups is 1. The molecule has 0 spiro atoms. The highest BCUT2D eigenvalue weighted by Crippen LogP contribution is 2.25. The molecule has 100 valence electrons. The molecule has 1 aromatic rings. The molecule has 0 fully saturated rings. The van der Waals surface area contributed by atoms with Crippen LogP contribution in [0.15, 0.2) is 30.3 Å². The number of amides is 1. The fraction of sp³-hybridized carbons (Fsp3) is 0.533. The zero-order valence-electron chi connectivity index (χ0n) is 11.6. The minimum atomic E-state index is -0.333. The molecule has 3 heteroatoms. The van der Waals surface area contributed by atoms with Gasteiger partial charge in [0, 0.05) is 11.8 Å². The van der Waals surface area contributed by atoms with Gasteiger partial charge in [0.1, 0.15) is 0 Å². The molecule has 0 aliphatic rings. The summed E-state index contributed by atoms with van der Waals surface area (Å²) in [5.74, 6) is 0.0910. The van der Waals surface area contributed by atoms with Gasteiger partial charge in [0.15, 0.2) is 0 Å². The molecule has 0 atom stereocenters. The van der Waals surface area contributed by atoms with Crippen LogP contribution >= 0.6 is 15.9 Å². The van der Waals surface area contributed by atoms with Gasteiger partial charge in [-0.15, -0.1) is 0 Å². The summed E-state index contributed by atoms with van der Waals surface area (Å²) in [6, 6.07) is 10.0. The van der Waals surface area contributed by atoms with Crippen molar-refractivity contribution < 1.29 is 4.79 Å². The lowest BCUT2D eigenvalue weighted by atomic mass is 9.89. The third-order valence-corrected chi connectivity index (χ3v) is 4.47. The van der Waals surface area contributed by atoms with E-state index in [2.05, 4.69) is 35.1 Å². The molecule has 0 bridgehead atoms. The van der Waals surface area contributed by atoms with E-state index < -0.39 is 0 Å². The average Bonchev–Trinajstić information content (AvgIpc) is 2.28. The second-order valence-electron chi connectivity index (χ2n) is 6.01. The van der Waals surface area contributed by atoms with E-state index in [-0.39, 0.29) is 16.9 Å². The highest BCUT2D eigenvalue weighted by molar-refractivity contribution is 9.09. The molecule has 0 saturated heterocycles. The van der Waals surface area contributed by atoms with E-state index in [0.717, 1.165) is 10.9 Å². The van der Waals surface area contributed by atoms with Gasteiger partial charge in [0.2, 0.25) is 5.91 Å². The Morgan fingerprint density at radius 2 is 1.72 bits per heavy atom. The van der Waals surface area contributed by atoms with Gasteiger partial charge in [0.25, 0.3) is 0 Å². The van der Waals surface area contributed by atoms with Crippen LogP contribution in [0.4, 0.5) is 0 Å². The Morgan fingerprint density at radius 3 is 2.22 bits per heavy atom. The summed E-state index contributed by atoms with van der Waals surface area (Å²) < 4.78 is 0. The Labute approximate surface area is 118 Å². The van der Waals surface area contributed by atoms with Crippen LogP contribution in [0.3, 0.4) is 0 Å². The number of rotatable bonds is 5. The van der Waals surface area contributed by atoms with Crippen molar-refractivity contribution in [1.82, 2.24) is 5.32 Å². The quantitative estimate of drug-likeness (QED) is 0.822. The summed E-state index contributed by atoms with van der Waals surface area (Å²) in [7, 11) is 0. The molecule has 0 aliphatic carbocycles. The first-order valence-electron chi connectivity index (χ1n) is 6.19. The molecule has 2 nitrogen and oxygen atoms in total. The van der Waals surface area contributed by atoms with Gasteiger partial charge in [0.05, 0.1) is 5.54 Å². The van der Waals surface area contributed by atoms with Crippen molar-refractivity contribution in [3.8, 4) is 0 Å². The van der Waals surface area contributed by atoms with Crippen molar-refractivity contribution >= 4 is 21.8 Å². The summed E-state index contributed by atoms with van der Waals surface area (Å²) in [5, 5.41) is 3.92. The monoisotopic (exact) mass is 311 g/mol. The molecule has 1 aromatic carbocycles. The highest BCUT2D eigenvalue weighted by Gasteiger charge is 2.26. The summed E-state index contributed by atoms with van der Waals surface area (Å²) in [5.41, 5.74) is 0.771. The van der Waals surface area contributed by atoms with E-state index in [0.29, 0.717) is 6.42 Å². The van der Waals surface area contributed by atoms with E-state index >= 15 is 0 Å². The number of halogens is 1. The zero-order chi connectivity index (χ0) is 13.8. The fourth-order valence-corrected chi connectivity index (χ4v) is 2.00. The van der Waals surface area contributed by atoms with E-state index in [1.807, 2.05) is 44.2 Å². The average molecular weight is 312 g/mol. The number of alkyl halides is 1. The summed E-state index contributed by atoms with van der Waals surface area (Å²) >= 11 is 3.44. The van der Waals surface area contributed by atoms with Crippen molar-refractivity contribution in [1.29, 1.82) is 0 Å². The molecule has 0 aliphatic heterocycles. The van der Waals surface area contributed by atoms with E-state index in [1.54, 1.807) is 0 Å². The summed E-state index contributed by atoms with van der Waals surface area (Å²) in [4.78, 5) is 12.1. The number of hydrogen-bond acceptors (Lipinski definition) is 1. The van der Waals surface area contributed by atoms with Crippen molar-refractivity contribution in [3.63, 3.8) is 0 Å². The molecule has 0 heterocycles. The van der Waals surface area contributed by atoms with Crippen LogP contribution < -0.4 is 5.32 Å². The Bertz CT molecular complexity index is 398. The normalized spacial score (nSPS) is 12.3. The summed E-state index contributed by atoms with van der Waals surface area (Å²) in [6.45, 7) is 8.22. The molecular weight excluding hydrogens is 290 g/mol. The Hall–Kier alpha value is -0.830. The predicted molar refractivity (Wildman–Crippen MR) is 79.8 cm³/mol. The topological polar surface area (TPSA) is 29.1 Å². The standard InChI is InChI=1S/C15H22BrNO/c1-14(2,11-16)10-13(18)17-15(3,4)12-8-6-5-7-9-12/h5-9H,10-11H2,1-4H3,(H,17,18). The Morgan fingerprint density at radius 1 is 1.17 bits per heavy atom. The van der Waals surface area contributed by atoms with Gasteiger partial charge in [-0.3, -0.25) is 4.79 Å². The number of benzene rings is 1. The lowest BCUT2D eigenvalue weighted by Crippen LogP contribution is -2.42. The first-order valence-corrected chi connectivity index (χ1v) is 7.31. The van der Waals surface area contributed by atoms with Gasteiger partial charge in [-0.25, -0.2) is 0 Å². The second-order valence-corrected chi connectivity index (χ2v) is 6.57. The Kier molecular flexibility index (Phi) is 4.97. The lowest BCUT2D eigenvalue weighted by molar-refractivity contribution is -0.124. The van der Waals surface area contributed by atoms with Crippen LogP contribution in [-0.2, 0) is 10.3 Å². The zero-order valence-corrected chi connectivity index (χ0v) is 13.2. The maximum absolute atomic E-state index is 12.1. The Balaban J connectivity index is 2.70. The van der Waals surface area contributed by atoms with Crippen LogP contribution in [0, 0.1) is 5.41 Å². The first kappa shape index (κ1) is 15.2. The molecule has 0 unspecified atom stereocenters. The minimum absolute atomic E-state index is 0.0170. The molecule has 1 N–H and O–H groups in total. The predicted octanol–water partition coefficient (Wildman–Crippen LogP) is 3.85. The van der Waals surface area contributed by atoms with Crippen molar-refractivity contribution in [2.75, 3.05) is 5.33 Å². The van der Waals surface area contributed by atoms with Crippen molar-refractivity contribution in [2.45, 2.75) is 39.7 Å². The lowest BCUT2D eigenvalue weighted by Gasteiger charge is -2.29. The molecule has 0 aromatic heterocycles. The molecule has 0 saturated carbocycles. The first-order chi connectivity index (χ1) is 8.27. The molecule has 18 heavy (non-hydrogen) atoms.